The molecule has 3 N–H and O–H groups in total. The predicted octanol–water partition coefficient (Wildman–Crippen LogP) is 2.94. The zero-order valence-corrected chi connectivity index (χ0v) is 16.2. The first kappa shape index (κ1) is 20.4. The van der Waals surface area contributed by atoms with Crippen LogP contribution in [-0.2, 0) is 10.0 Å². The van der Waals surface area contributed by atoms with E-state index in [0.29, 0.717) is 17.7 Å². The molecule has 2 aromatic carbocycles. The molecule has 144 valence electrons. The highest BCUT2D eigenvalue weighted by molar-refractivity contribution is 7.92. The van der Waals surface area contributed by atoms with E-state index in [4.69, 9.17) is 0 Å². The third kappa shape index (κ3) is 4.65. The van der Waals surface area contributed by atoms with Crippen LogP contribution in [0.5, 0.6) is 0 Å². The summed E-state index contributed by atoms with van der Waals surface area (Å²) in [4.78, 5) is 23.4. The summed E-state index contributed by atoms with van der Waals surface area (Å²) in [5.41, 5.74) is 1.19. The normalized spacial score (nSPS) is 11.1. The fraction of sp³-hybridized carbons (Fsp3) is 0.263. The largest absolute Gasteiger partial charge is 0.478 e. The maximum Gasteiger partial charge on any atom is 0.335 e. The Morgan fingerprint density at radius 2 is 1.78 bits per heavy atom. The van der Waals surface area contributed by atoms with Gasteiger partial charge in [0.25, 0.3) is 15.9 Å². The molecule has 2 rings (SSSR count). The number of nitrogens with one attached hydrogen (secondary N) is 2. The molecule has 27 heavy (non-hydrogen) atoms. The summed E-state index contributed by atoms with van der Waals surface area (Å²) in [7, 11) is -4.09. The molecule has 2 aromatic rings. The van der Waals surface area contributed by atoms with Gasteiger partial charge in [0.2, 0.25) is 0 Å². The lowest BCUT2D eigenvalue weighted by Crippen LogP contribution is -2.26. The lowest BCUT2D eigenvalue weighted by atomic mass is 10.1. The lowest BCUT2D eigenvalue weighted by Gasteiger charge is -2.15. The number of aromatic carboxylic acids is 1. The zero-order valence-electron chi connectivity index (χ0n) is 15.4. The van der Waals surface area contributed by atoms with Gasteiger partial charge in [-0.1, -0.05) is 19.1 Å². The van der Waals surface area contributed by atoms with E-state index in [1.807, 2.05) is 6.92 Å². The van der Waals surface area contributed by atoms with Crippen molar-refractivity contribution in [1.82, 2.24) is 5.32 Å². The zero-order chi connectivity index (χ0) is 20.2. The highest BCUT2D eigenvalue weighted by atomic mass is 32.2. The molecule has 0 spiro atoms. The van der Waals surface area contributed by atoms with Crippen LogP contribution < -0.4 is 10.0 Å². The van der Waals surface area contributed by atoms with Crippen LogP contribution in [0.25, 0.3) is 0 Å². The van der Waals surface area contributed by atoms with Gasteiger partial charge in [0.05, 0.1) is 21.7 Å². The molecule has 0 aromatic heterocycles. The summed E-state index contributed by atoms with van der Waals surface area (Å²) < 4.78 is 28.2. The molecular formula is C19H22N2O5S. The maximum absolute atomic E-state index is 12.9. The van der Waals surface area contributed by atoms with Crippen LogP contribution in [0.1, 0.15) is 45.2 Å². The number of hydrogen-bond donors (Lipinski definition) is 3. The molecule has 0 bridgehead atoms. The number of para-hydroxylation sites is 1. The predicted molar refractivity (Wildman–Crippen MR) is 103 cm³/mol. The van der Waals surface area contributed by atoms with Crippen molar-refractivity contribution < 1.29 is 23.1 Å². The Hall–Kier alpha value is -2.87. The molecule has 0 atom stereocenters. The van der Waals surface area contributed by atoms with E-state index in [2.05, 4.69) is 10.0 Å². The van der Waals surface area contributed by atoms with E-state index in [1.54, 1.807) is 26.0 Å². The monoisotopic (exact) mass is 390 g/mol. The topological polar surface area (TPSA) is 113 Å². The van der Waals surface area contributed by atoms with E-state index in [0.717, 1.165) is 12.5 Å². The molecule has 0 radical (unpaired) electrons. The second kappa shape index (κ2) is 8.22. The molecule has 8 heteroatoms. The Morgan fingerprint density at radius 1 is 1.11 bits per heavy atom. The number of aryl methyl sites for hydroxylation is 1. The van der Waals surface area contributed by atoms with Crippen LogP contribution in [-0.4, -0.2) is 31.9 Å². The number of hydrogen-bond acceptors (Lipinski definition) is 4. The molecular weight excluding hydrogens is 368 g/mol. The number of anilines is 1. The fourth-order valence-corrected chi connectivity index (χ4v) is 3.96. The second-order valence-electron chi connectivity index (χ2n) is 6.13. The van der Waals surface area contributed by atoms with Crippen molar-refractivity contribution in [2.24, 2.45) is 0 Å². The molecule has 0 aliphatic rings. The van der Waals surface area contributed by atoms with Crippen LogP contribution in [0.2, 0.25) is 0 Å². The van der Waals surface area contributed by atoms with Crippen LogP contribution in [0.4, 0.5) is 5.69 Å². The third-order valence-electron chi connectivity index (χ3n) is 4.11. The van der Waals surface area contributed by atoms with E-state index in [-0.39, 0.29) is 27.6 Å². The van der Waals surface area contributed by atoms with Gasteiger partial charge in [-0.05, 0) is 55.7 Å². The van der Waals surface area contributed by atoms with Gasteiger partial charge < -0.3 is 10.4 Å². The Kier molecular flexibility index (Phi) is 6.22. The van der Waals surface area contributed by atoms with Gasteiger partial charge in [-0.15, -0.1) is 0 Å². The molecule has 0 fully saturated rings. The second-order valence-corrected chi connectivity index (χ2v) is 7.78. The van der Waals surface area contributed by atoms with Gasteiger partial charge in [-0.2, -0.15) is 0 Å². The molecule has 0 heterocycles. The van der Waals surface area contributed by atoms with Crippen molar-refractivity contribution in [1.29, 1.82) is 0 Å². The summed E-state index contributed by atoms with van der Waals surface area (Å²) in [5, 5.41) is 11.9. The molecule has 0 saturated carbocycles. The molecule has 0 aliphatic heterocycles. The summed E-state index contributed by atoms with van der Waals surface area (Å²) in [6.07, 6.45) is 0.750. The number of rotatable bonds is 7. The SMILES string of the molecule is CCCNC(=O)c1ccccc1NS(=O)(=O)c1cc(C(=O)O)cc(C)c1C. The van der Waals surface area contributed by atoms with Gasteiger partial charge in [0, 0.05) is 6.54 Å². The number of carbonyl (C=O) groups is 2. The van der Waals surface area contributed by atoms with Gasteiger partial charge in [-0.3, -0.25) is 9.52 Å². The molecule has 0 aliphatic carbocycles. The Balaban J connectivity index is 2.47. The molecule has 0 saturated heterocycles. The number of sulfonamides is 1. The minimum atomic E-state index is -4.09. The quantitative estimate of drug-likeness (QED) is 0.673. The Morgan fingerprint density at radius 3 is 2.41 bits per heavy atom. The molecule has 0 unspecified atom stereocenters. The van der Waals surface area contributed by atoms with Gasteiger partial charge in [-0.25, -0.2) is 13.2 Å². The average molecular weight is 390 g/mol. The van der Waals surface area contributed by atoms with Gasteiger partial charge in [0.15, 0.2) is 0 Å². The summed E-state index contributed by atoms with van der Waals surface area (Å²) in [6, 6.07) is 8.80. The van der Waals surface area contributed by atoms with Gasteiger partial charge >= 0.3 is 5.97 Å². The third-order valence-corrected chi connectivity index (χ3v) is 5.60. The van der Waals surface area contributed by atoms with E-state index >= 15 is 0 Å². The Labute approximate surface area is 158 Å². The summed E-state index contributed by atoms with van der Waals surface area (Å²) >= 11 is 0. The standard InChI is InChI=1S/C19H22N2O5S/c1-4-9-20-18(22)15-7-5-6-8-16(15)21-27(25,26)17-11-14(19(23)24)10-12(2)13(17)3/h5-8,10-11,21H,4,9H2,1-3H3,(H,20,22)(H,23,24). The van der Waals surface area contributed by atoms with Gasteiger partial charge in [0.1, 0.15) is 0 Å². The lowest BCUT2D eigenvalue weighted by molar-refractivity contribution is 0.0696. The number of amides is 1. The highest BCUT2D eigenvalue weighted by Gasteiger charge is 2.23. The van der Waals surface area contributed by atoms with Crippen molar-refractivity contribution in [2.75, 3.05) is 11.3 Å². The minimum absolute atomic E-state index is 0.118. The van der Waals surface area contributed by atoms with Crippen LogP contribution in [0, 0.1) is 13.8 Å². The number of benzene rings is 2. The van der Waals surface area contributed by atoms with Crippen LogP contribution in [0.15, 0.2) is 41.3 Å². The van der Waals surface area contributed by atoms with Crippen molar-refractivity contribution in [3.05, 3.63) is 58.7 Å². The first-order chi connectivity index (χ1) is 12.7. The van der Waals surface area contributed by atoms with Crippen LogP contribution >= 0.6 is 0 Å². The number of carboxylic acids is 1. The molecule has 1 amide bonds. The van der Waals surface area contributed by atoms with Crippen LogP contribution in [0.3, 0.4) is 0 Å². The first-order valence-corrected chi connectivity index (χ1v) is 9.90. The maximum atomic E-state index is 12.9. The number of carbonyl (C=O) groups excluding carboxylic acids is 1. The molecule has 7 nitrogen and oxygen atoms in total. The fourth-order valence-electron chi connectivity index (χ4n) is 2.53. The summed E-state index contributed by atoms with van der Waals surface area (Å²) in [6.45, 7) is 5.64. The summed E-state index contributed by atoms with van der Waals surface area (Å²) in [5.74, 6) is -1.60. The van der Waals surface area contributed by atoms with Crippen molar-refractivity contribution in [3.63, 3.8) is 0 Å². The van der Waals surface area contributed by atoms with Crippen molar-refractivity contribution in [3.8, 4) is 0 Å². The van der Waals surface area contributed by atoms with E-state index in [1.165, 1.54) is 18.2 Å². The first-order valence-electron chi connectivity index (χ1n) is 8.42. The van der Waals surface area contributed by atoms with Crippen molar-refractivity contribution >= 4 is 27.6 Å². The smallest absolute Gasteiger partial charge is 0.335 e. The number of carboxylic acid groups (broad SMARTS) is 1. The van der Waals surface area contributed by atoms with E-state index < -0.39 is 16.0 Å². The highest BCUT2D eigenvalue weighted by Crippen LogP contribution is 2.25. The minimum Gasteiger partial charge on any atom is -0.478 e. The van der Waals surface area contributed by atoms with Crippen molar-refractivity contribution in [2.45, 2.75) is 32.1 Å². The average Bonchev–Trinajstić information content (AvgIpc) is 2.61. The Bertz CT molecular complexity index is 984. The van der Waals surface area contributed by atoms with E-state index in [9.17, 15) is 23.1 Å².